The van der Waals surface area contributed by atoms with Crippen LogP contribution in [0.15, 0.2) is 42.7 Å². The number of hydrogen-bond acceptors (Lipinski definition) is 2. The van der Waals surface area contributed by atoms with Gasteiger partial charge in [0, 0.05) is 18.3 Å². The number of aromatic nitrogens is 2. The van der Waals surface area contributed by atoms with E-state index >= 15 is 0 Å². The van der Waals surface area contributed by atoms with Crippen LogP contribution in [0, 0.1) is 5.92 Å². The van der Waals surface area contributed by atoms with Crippen LogP contribution < -0.4 is 0 Å². The van der Waals surface area contributed by atoms with Crippen molar-refractivity contribution in [3.05, 3.63) is 54.1 Å². The minimum Gasteiger partial charge on any atom is -0.342 e. The highest BCUT2D eigenvalue weighted by molar-refractivity contribution is 5.97. The molecule has 1 aromatic carbocycles. The lowest BCUT2D eigenvalue weighted by Crippen LogP contribution is -2.05. The third kappa shape index (κ3) is 1.54. The Morgan fingerprint density at radius 2 is 2.12 bits per heavy atom. The number of aromatic amines is 1. The Balaban J connectivity index is 1.75. The highest BCUT2D eigenvalue weighted by Gasteiger charge is 2.44. The molecule has 1 N–H and O–H groups in total. The van der Waals surface area contributed by atoms with Crippen molar-refractivity contribution in [2.75, 3.05) is 0 Å². The van der Waals surface area contributed by atoms with Crippen LogP contribution >= 0.6 is 0 Å². The van der Waals surface area contributed by atoms with Gasteiger partial charge in [-0.25, -0.2) is 4.98 Å². The van der Waals surface area contributed by atoms with Crippen molar-refractivity contribution < 1.29 is 4.79 Å². The fourth-order valence-corrected chi connectivity index (χ4v) is 2.13. The van der Waals surface area contributed by atoms with E-state index in [-0.39, 0.29) is 11.7 Å². The molecule has 0 radical (unpaired) electrons. The molecule has 2 unspecified atom stereocenters. The summed E-state index contributed by atoms with van der Waals surface area (Å²) in [5.41, 5.74) is 1.26. The molecule has 0 bridgehead atoms. The summed E-state index contributed by atoms with van der Waals surface area (Å²) in [4.78, 5) is 18.8. The Bertz CT molecular complexity index is 490. The second kappa shape index (κ2) is 3.59. The predicted molar refractivity (Wildman–Crippen MR) is 60.2 cm³/mol. The molecule has 2 atom stereocenters. The van der Waals surface area contributed by atoms with Gasteiger partial charge in [-0.2, -0.15) is 0 Å². The van der Waals surface area contributed by atoms with Crippen LogP contribution in [0.25, 0.3) is 0 Å². The molecular formula is C13H12N2O. The summed E-state index contributed by atoms with van der Waals surface area (Å²) in [6.45, 7) is 0. The molecule has 1 fully saturated rings. The lowest BCUT2D eigenvalue weighted by atomic mass is 10.1. The third-order valence-corrected chi connectivity index (χ3v) is 3.09. The van der Waals surface area contributed by atoms with Crippen molar-refractivity contribution in [3.8, 4) is 0 Å². The second-order valence-corrected chi connectivity index (χ2v) is 4.16. The van der Waals surface area contributed by atoms with Crippen LogP contribution in [0.1, 0.15) is 28.5 Å². The number of carbonyl (C=O) groups excluding carboxylic acids is 1. The van der Waals surface area contributed by atoms with Crippen LogP contribution in [0.5, 0.6) is 0 Å². The molecule has 3 heteroatoms. The van der Waals surface area contributed by atoms with Crippen molar-refractivity contribution >= 4 is 5.78 Å². The van der Waals surface area contributed by atoms with E-state index in [1.165, 1.54) is 5.56 Å². The molecule has 1 aromatic heterocycles. The van der Waals surface area contributed by atoms with Gasteiger partial charge in [-0.15, -0.1) is 0 Å². The van der Waals surface area contributed by atoms with Gasteiger partial charge in [-0.1, -0.05) is 30.3 Å². The fourth-order valence-electron chi connectivity index (χ4n) is 2.13. The van der Waals surface area contributed by atoms with E-state index in [4.69, 9.17) is 0 Å². The smallest absolute Gasteiger partial charge is 0.201 e. The summed E-state index contributed by atoms with van der Waals surface area (Å²) in [6, 6.07) is 10.2. The van der Waals surface area contributed by atoms with Crippen molar-refractivity contribution in [2.24, 2.45) is 5.92 Å². The van der Waals surface area contributed by atoms with Gasteiger partial charge in [0.1, 0.15) is 0 Å². The summed E-state index contributed by atoms with van der Waals surface area (Å²) in [7, 11) is 0. The average molecular weight is 212 g/mol. The number of nitrogens with one attached hydrogen (secondary N) is 1. The first-order chi connectivity index (χ1) is 7.86. The van der Waals surface area contributed by atoms with Crippen LogP contribution in [0.2, 0.25) is 0 Å². The van der Waals surface area contributed by atoms with Gasteiger partial charge in [0.25, 0.3) is 0 Å². The quantitative estimate of drug-likeness (QED) is 0.794. The maximum absolute atomic E-state index is 12.0. The highest BCUT2D eigenvalue weighted by atomic mass is 16.1. The Morgan fingerprint density at radius 1 is 1.31 bits per heavy atom. The van der Waals surface area contributed by atoms with Crippen molar-refractivity contribution in [2.45, 2.75) is 12.3 Å². The van der Waals surface area contributed by atoms with Gasteiger partial charge < -0.3 is 4.98 Å². The molecule has 16 heavy (non-hydrogen) atoms. The molecule has 0 aliphatic heterocycles. The maximum atomic E-state index is 12.0. The minimum atomic E-state index is 0.119. The SMILES string of the molecule is O=C(c1ncc[nH]1)C1CC1c1ccccc1. The Hall–Kier alpha value is -1.90. The van der Waals surface area contributed by atoms with Crippen LogP contribution in [-0.2, 0) is 0 Å². The number of carbonyl (C=O) groups is 1. The molecule has 2 aromatic rings. The summed E-state index contributed by atoms with van der Waals surface area (Å²) in [5, 5.41) is 0. The van der Waals surface area contributed by atoms with Crippen molar-refractivity contribution in [3.63, 3.8) is 0 Å². The fraction of sp³-hybridized carbons (Fsp3) is 0.231. The largest absolute Gasteiger partial charge is 0.342 e. The first kappa shape index (κ1) is 9.33. The topological polar surface area (TPSA) is 45.8 Å². The molecule has 0 amide bonds. The zero-order valence-corrected chi connectivity index (χ0v) is 8.76. The molecule has 3 rings (SSSR count). The Morgan fingerprint density at radius 3 is 2.81 bits per heavy atom. The summed E-state index contributed by atoms with van der Waals surface area (Å²) < 4.78 is 0. The van der Waals surface area contributed by atoms with E-state index in [9.17, 15) is 4.79 Å². The van der Waals surface area contributed by atoms with Crippen LogP contribution in [0.4, 0.5) is 0 Å². The molecule has 80 valence electrons. The molecule has 1 heterocycles. The van der Waals surface area contributed by atoms with Crippen LogP contribution in [-0.4, -0.2) is 15.8 Å². The van der Waals surface area contributed by atoms with Gasteiger partial charge >= 0.3 is 0 Å². The Labute approximate surface area is 93.5 Å². The minimum absolute atomic E-state index is 0.119. The van der Waals surface area contributed by atoms with E-state index in [2.05, 4.69) is 22.1 Å². The number of benzene rings is 1. The van der Waals surface area contributed by atoms with E-state index in [1.54, 1.807) is 12.4 Å². The Kier molecular flexibility index (Phi) is 2.10. The number of nitrogens with zero attached hydrogens (tertiary/aromatic N) is 1. The molecule has 0 saturated heterocycles. The molecular weight excluding hydrogens is 200 g/mol. The van der Waals surface area contributed by atoms with E-state index in [0.29, 0.717) is 11.7 Å². The molecule has 1 aliphatic carbocycles. The van der Waals surface area contributed by atoms with Crippen molar-refractivity contribution in [1.29, 1.82) is 0 Å². The van der Waals surface area contributed by atoms with Crippen LogP contribution in [0.3, 0.4) is 0 Å². The number of rotatable bonds is 3. The predicted octanol–water partition coefficient (Wildman–Crippen LogP) is 2.40. The summed E-state index contributed by atoms with van der Waals surface area (Å²) >= 11 is 0. The van der Waals surface area contributed by atoms with Gasteiger partial charge in [-0.05, 0) is 17.9 Å². The molecule has 1 saturated carbocycles. The number of H-pyrrole nitrogens is 1. The normalized spacial score (nSPS) is 23.0. The zero-order chi connectivity index (χ0) is 11.0. The van der Waals surface area contributed by atoms with Gasteiger partial charge in [0.15, 0.2) is 5.82 Å². The van der Waals surface area contributed by atoms with Gasteiger partial charge in [-0.3, -0.25) is 4.79 Å². The number of Topliss-reactive ketones (excluding diaryl/α,β-unsaturated/α-hetero) is 1. The highest BCUT2D eigenvalue weighted by Crippen LogP contribution is 2.48. The maximum Gasteiger partial charge on any atom is 0.201 e. The lowest BCUT2D eigenvalue weighted by molar-refractivity contribution is 0.0956. The number of ketones is 1. The average Bonchev–Trinajstić information content (AvgIpc) is 2.95. The number of hydrogen-bond donors (Lipinski definition) is 1. The number of imidazole rings is 1. The molecule has 0 spiro atoms. The van der Waals surface area contributed by atoms with Gasteiger partial charge in [0.2, 0.25) is 5.78 Å². The molecule has 1 aliphatic rings. The summed E-state index contributed by atoms with van der Waals surface area (Å²) in [5.74, 6) is 1.13. The second-order valence-electron chi connectivity index (χ2n) is 4.16. The first-order valence-electron chi connectivity index (χ1n) is 5.45. The van der Waals surface area contributed by atoms with E-state index < -0.39 is 0 Å². The van der Waals surface area contributed by atoms with E-state index in [1.807, 2.05) is 18.2 Å². The third-order valence-electron chi connectivity index (χ3n) is 3.09. The molecule has 3 nitrogen and oxygen atoms in total. The first-order valence-corrected chi connectivity index (χ1v) is 5.45. The zero-order valence-electron chi connectivity index (χ0n) is 8.76. The summed E-state index contributed by atoms with van der Waals surface area (Å²) in [6.07, 6.45) is 4.25. The monoisotopic (exact) mass is 212 g/mol. The standard InChI is InChI=1S/C13H12N2O/c16-12(13-14-6-7-15-13)11-8-10(11)9-4-2-1-3-5-9/h1-7,10-11H,8H2,(H,14,15). The van der Waals surface area contributed by atoms with Gasteiger partial charge in [0.05, 0.1) is 0 Å². The van der Waals surface area contributed by atoms with E-state index in [0.717, 1.165) is 6.42 Å². The lowest BCUT2D eigenvalue weighted by Gasteiger charge is -1.98. The van der Waals surface area contributed by atoms with Crippen molar-refractivity contribution in [1.82, 2.24) is 9.97 Å².